The van der Waals surface area contributed by atoms with Gasteiger partial charge in [0.15, 0.2) is 0 Å². The molecule has 4 heterocycles. The van der Waals surface area contributed by atoms with Gasteiger partial charge in [-0.05, 0) is 143 Å². The van der Waals surface area contributed by atoms with Gasteiger partial charge in [0.2, 0.25) is 65.4 Å². The summed E-state index contributed by atoms with van der Waals surface area (Å²) in [5.41, 5.74) is 1.41. The summed E-state index contributed by atoms with van der Waals surface area (Å²) in [5.74, 6) is 7.22. The molecule has 0 aliphatic heterocycles. The van der Waals surface area contributed by atoms with Gasteiger partial charge in [-0.2, -0.15) is 54.8 Å². The molecule has 28 nitrogen and oxygen atoms in total. The third-order valence-corrected chi connectivity index (χ3v) is 20.4. The molecule has 0 spiro atoms. The van der Waals surface area contributed by atoms with Gasteiger partial charge in [0, 0.05) is 68.6 Å². The minimum atomic E-state index is -1.01. The molecule has 0 aliphatic rings. The molecule has 8 aromatic rings. The number of rotatable bonds is 70. The van der Waals surface area contributed by atoms with Crippen LogP contribution in [0.4, 0.5) is 88.2 Å². The number of aromatic amines is 1. The number of ether oxygens (including phenoxy) is 4. The van der Waals surface area contributed by atoms with Crippen LogP contribution in [0.1, 0.15) is 280 Å². The quantitative estimate of drug-likeness (QED) is 0.0158. The first-order valence-electron chi connectivity index (χ1n) is 45.5. The summed E-state index contributed by atoms with van der Waals surface area (Å²) in [5, 5.41) is 37.5. The average Bonchev–Trinajstić information content (AvgIpc) is 0.825. The van der Waals surface area contributed by atoms with Crippen molar-refractivity contribution >= 4 is 88.2 Å². The fourth-order valence-electron chi connectivity index (χ4n) is 13.3. The van der Waals surface area contributed by atoms with Crippen molar-refractivity contribution in [2.75, 3.05) is 131 Å². The van der Waals surface area contributed by atoms with Gasteiger partial charge in [-0.3, -0.25) is 4.98 Å². The maximum atomic E-state index is 12.5. The number of H-pyrrole nitrogens is 1. The van der Waals surface area contributed by atoms with Gasteiger partial charge in [0.25, 0.3) is 0 Å². The van der Waals surface area contributed by atoms with Crippen molar-refractivity contribution in [1.82, 2.24) is 59.8 Å². The normalized spacial score (nSPS) is 11.3. The highest BCUT2D eigenvalue weighted by Crippen LogP contribution is 2.31. The minimum Gasteiger partial charge on any atom is -0.493 e. The molecule has 0 unspecified atom stereocenters. The van der Waals surface area contributed by atoms with E-state index in [0.717, 1.165) is 133 Å². The SMILES string of the molecule is CCCCCCCCNc1nc(NCCCCCCCC)nc(Nc2ccc(OCC(COc3ccc(Nc4nc(NCCCCCCCC)nc(NCCCCCCCC)n4)cc3)(COc3ccc(Nc4nc(NCCCCCCCC)nc(NCCCCCCCC)n4)cc3)COc3ccc(Nc4nc(NCC)nc(=O)[nH]4)cc3)cc2)n1. The number of aromatic nitrogens is 12. The summed E-state index contributed by atoms with van der Waals surface area (Å²) >= 11 is 0. The van der Waals surface area contributed by atoms with Crippen molar-refractivity contribution in [3.63, 3.8) is 0 Å². The van der Waals surface area contributed by atoms with Gasteiger partial charge in [-0.15, -0.1) is 0 Å². The lowest BCUT2D eigenvalue weighted by Gasteiger charge is -2.33. The molecule has 12 N–H and O–H groups in total. The van der Waals surface area contributed by atoms with Crippen molar-refractivity contribution in [2.45, 2.75) is 280 Å². The molecule has 8 rings (SSSR count). The molecule has 4 aromatic carbocycles. The standard InChI is InChI=1S/C91H143N23O5/c1-8-15-21-27-33-39-61-93-80-103-81(94-62-40-34-28-22-16-9-2)108-86(107-80)99-71-45-53-75(54-46-71)116-67-91(70-119-78-59-51-74(52-60-78)102-89-106-79(92-14-7)113-90(115)114-89,68-117-76-55-47-72(48-56-76)100-87-109-82(95-63-41-35-29-23-17-10-3)104-83(110-87)96-64-42-36-30-24-18-11-4)69-118-77-57-49-73(50-58-77)101-88-111-84(97-65-43-37-31-25-19-12-5)105-85(112-88)98-66-44-38-32-26-20-13-6/h45-60H,8-44,61-70H2,1-7H3,(H3,92,102,106,113,114,115)(H3,93,94,99,103,107,108)(H3,95,96,100,104,109,110)(H3,97,98,101,105,111,112). The fraction of sp³-hybridized carbons (Fsp3) is 0.604. The third-order valence-electron chi connectivity index (χ3n) is 20.4. The first kappa shape index (κ1) is 94.2. The number of unbranched alkanes of at least 4 members (excludes halogenated alkanes) is 30. The second kappa shape index (κ2) is 57.8. The smallest absolute Gasteiger partial charge is 0.351 e. The molecule has 0 fully saturated rings. The number of benzene rings is 4. The Balaban J connectivity index is 1.07. The maximum Gasteiger partial charge on any atom is 0.351 e. The Morgan fingerprint density at radius 1 is 0.244 bits per heavy atom. The molecule has 0 radical (unpaired) electrons. The molecule has 652 valence electrons. The van der Waals surface area contributed by atoms with E-state index in [1.54, 1.807) is 0 Å². The predicted octanol–water partition coefficient (Wildman–Crippen LogP) is 22.4. The van der Waals surface area contributed by atoms with E-state index in [0.29, 0.717) is 88.8 Å². The lowest BCUT2D eigenvalue weighted by atomic mass is 9.92. The van der Waals surface area contributed by atoms with Crippen molar-refractivity contribution in [1.29, 1.82) is 0 Å². The third kappa shape index (κ3) is 39.4. The summed E-state index contributed by atoms with van der Waals surface area (Å²) in [4.78, 5) is 67.0. The minimum absolute atomic E-state index is 0.0709. The van der Waals surface area contributed by atoms with Crippen molar-refractivity contribution in [3.8, 4) is 23.0 Å². The largest absolute Gasteiger partial charge is 0.493 e. The average molecular weight is 1640 g/mol. The summed E-state index contributed by atoms with van der Waals surface area (Å²) in [7, 11) is 0. The predicted molar refractivity (Wildman–Crippen MR) is 491 cm³/mol. The molecular formula is C91H143N23O5. The number of hydrogen-bond acceptors (Lipinski definition) is 27. The second-order valence-electron chi connectivity index (χ2n) is 31.2. The van der Waals surface area contributed by atoms with Crippen LogP contribution in [0, 0.1) is 5.41 Å². The van der Waals surface area contributed by atoms with Gasteiger partial charge in [-0.1, -0.05) is 234 Å². The molecule has 0 bridgehead atoms. The van der Waals surface area contributed by atoms with Crippen LogP contribution in [0.3, 0.4) is 0 Å². The Morgan fingerprint density at radius 3 is 0.689 bits per heavy atom. The van der Waals surface area contributed by atoms with E-state index >= 15 is 0 Å². The van der Waals surface area contributed by atoms with Crippen molar-refractivity contribution in [3.05, 3.63) is 108 Å². The number of anilines is 15. The van der Waals surface area contributed by atoms with E-state index < -0.39 is 11.1 Å². The molecule has 0 amide bonds. The Hall–Kier alpha value is -10.3. The number of hydrogen-bond donors (Lipinski definition) is 12. The molecule has 0 saturated carbocycles. The maximum absolute atomic E-state index is 12.5. The monoisotopic (exact) mass is 1640 g/mol. The number of nitrogens with one attached hydrogen (secondary N) is 12. The van der Waals surface area contributed by atoms with Crippen LogP contribution < -0.4 is 83.1 Å². The van der Waals surface area contributed by atoms with E-state index in [1.807, 2.05) is 104 Å². The summed E-state index contributed by atoms with van der Waals surface area (Å²) in [6.45, 7) is 20.9. The lowest BCUT2D eigenvalue weighted by Crippen LogP contribution is -2.45. The summed E-state index contributed by atoms with van der Waals surface area (Å²) < 4.78 is 27.6. The topological polar surface area (TPSA) is 344 Å². The Labute approximate surface area is 709 Å². The number of nitrogens with zero attached hydrogens (tertiary/aromatic N) is 11. The van der Waals surface area contributed by atoms with Crippen LogP contribution in [0.2, 0.25) is 0 Å². The van der Waals surface area contributed by atoms with E-state index in [9.17, 15) is 4.79 Å². The molecule has 119 heavy (non-hydrogen) atoms. The second-order valence-corrected chi connectivity index (χ2v) is 31.2. The highest BCUT2D eigenvalue weighted by atomic mass is 16.5. The van der Waals surface area contributed by atoms with Gasteiger partial charge in [0.05, 0.1) is 0 Å². The van der Waals surface area contributed by atoms with E-state index in [1.165, 1.54) is 154 Å². The van der Waals surface area contributed by atoms with Crippen LogP contribution in [0.25, 0.3) is 0 Å². The van der Waals surface area contributed by atoms with Gasteiger partial charge < -0.3 is 77.4 Å². The zero-order chi connectivity index (χ0) is 83.7. The highest BCUT2D eigenvalue weighted by Gasteiger charge is 2.36. The van der Waals surface area contributed by atoms with E-state index in [2.05, 4.69) is 115 Å². The lowest BCUT2D eigenvalue weighted by molar-refractivity contribution is -0.00350. The Kier molecular flexibility index (Phi) is 45.7. The van der Waals surface area contributed by atoms with Gasteiger partial charge >= 0.3 is 5.69 Å². The van der Waals surface area contributed by atoms with E-state index in [-0.39, 0.29) is 38.3 Å². The van der Waals surface area contributed by atoms with Crippen molar-refractivity contribution in [2.24, 2.45) is 5.41 Å². The van der Waals surface area contributed by atoms with Gasteiger partial charge in [0.1, 0.15) is 54.8 Å². The molecule has 0 aliphatic carbocycles. The molecule has 0 atom stereocenters. The first-order valence-corrected chi connectivity index (χ1v) is 45.5. The van der Waals surface area contributed by atoms with Crippen LogP contribution in [-0.2, 0) is 0 Å². The van der Waals surface area contributed by atoms with Crippen LogP contribution in [0.15, 0.2) is 102 Å². The zero-order valence-electron chi connectivity index (χ0n) is 72.9. The van der Waals surface area contributed by atoms with Crippen LogP contribution >= 0.6 is 0 Å². The zero-order valence-corrected chi connectivity index (χ0v) is 72.9. The Bertz CT molecular complexity index is 3600. The summed E-state index contributed by atoms with van der Waals surface area (Å²) in [6, 6.07) is 30.7. The summed E-state index contributed by atoms with van der Waals surface area (Å²) in [6.07, 6.45) is 42.8. The fourth-order valence-corrected chi connectivity index (χ4v) is 13.3. The highest BCUT2D eigenvalue weighted by molar-refractivity contribution is 5.60. The molecular weight excluding hydrogens is 1500 g/mol. The van der Waals surface area contributed by atoms with Gasteiger partial charge in [-0.25, -0.2) is 4.79 Å². The molecule has 28 heteroatoms. The Morgan fingerprint density at radius 2 is 0.454 bits per heavy atom. The van der Waals surface area contributed by atoms with Crippen molar-refractivity contribution < 1.29 is 18.9 Å². The first-order chi connectivity index (χ1) is 58.5. The van der Waals surface area contributed by atoms with Crippen LogP contribution in [0.5, 0.6) is 23.0 Å². The van der Waals surface area contributed by atoms with E-state index in [4.69, 9.17) is 63.8 Å². The molecule has 4 aromatic heterocycles. The van der Waals surface area contributed by atoms with Crippen LogP contribution in [-0.4, -0.2) is 132 Å². The molecule has 0 saturated heterocycles.